The Morgan fingerprint density at radius 2 is 2.04 bits per heavy atom. The quantitative estimate of drug-likeness (QED) is 0.694. The molecule has 1 aliphatic heterocycles. The zero-order chi connectivity index (χ0) is 19.8. The van der Waals surface area contributed by atoms with Gasteiger partial charge >= 0.3 is 0 Å². The molecule has 1 unspecified atom stereocenters. The Labute approximate surface area is 162 Å². The number of carbonyl (C=O) groups excluding carboxylic acids is 2. The number of benzene rings is 1. The molecule has 1 saturated heterocycles. The van der Waals surface area contributed by atoms with Crippen LogP contribution in [0.2, 0.25) is 0 Å². The maximum absolute atomic E-state index is 13.0. The first-order valence-electron chi connectivity index (χ1n) is 9.03. The van der Waals surface area contributed by atoms with Crippen LogP contribution >= 0.6 is 0 Å². The second-order valence-electron chi connectivity index (χ2n) is 6.79. The number of ether oxygens (including phenoxy) is 1. The number of methoxy groups -OCH3 is 1. The molecular weight excluding hydrogens is 358 g/mol. The Kier molecular flexibility index (Phi) is 4.46. The summed E-state index contributed by atoms with van der Waals surface area (Å²) in [5, 5.41) is 0. The third-order valence-electron chi connectivity index (χ3n) is 5.08. The van der Waals surface area contributed by atoms with Crippen molar-refractivity contribution in [1.29, 1.82) is 0 Å². The lowest BCUT2D eigenvalue weighted by molar-refractivity contribution is -0.124. The second-order valence-corrected chi connectivity index (χ2v) is 6.79. The van der Waals surface area contributed by atoms with Crippen molar-refractivity contribution < 1.29 is 14.3 Å². The Balaban J connectivity index is 1.56. The number of imidazole rings is 1. The molecule has 3 aromatic rings. The van der Waals surface area contributed by atoms with Crippen LogP contribution in [-0.2, 0) is 11.8 Å². The van der Waals surface area contributed by atoms with Gasteiger partial charge in [-0.25, -0.2) is 9.97 Å². The topological polar surface area (TPSA) is 80.6 Å². The van der Waals surface area contributed by atoms with Crippen LogP contribution in [0.25, 0.3) is 11.2 Å². The van der Waals surface area contributed by atoms with Crippen LogP contribution in [0, 0.1) is 0 Å². The molecule has 1 atom stereocenters. The molecule has 0 radical (unpaired) electrons. The molecule has 0 aliphatic carbocycles. The number of aryl methyl sites for hydroxylation is 1. The monoisotopic (exact) mass is 379 g/mol. The minimum Gasteiger partial charge on any atom is -0.497 e. The van der Waals surface area contributed by atoms with Gasteiger partial charge in [-0.3, -0.25) is 9.59 Å². The summed E-state index contributed by atoms with van der Waals surface area (Å²) in [6.07, 6.45) is 3.20. The number of pyridine rings is 1. The van der Waals surface area contributed by atoms with Crippen LogP contribution in [0.1, 0.15) is 17.3 Å². The van der Waals surface area contributed by atoms with Crippen molar-refractivity contribution >= 4 is 28.7 Å². The highest BCUT2D eigenvalue weighted by Gasteiger charge is 2.35. The summed E-state index contributed by atoms with van der Waals surface area (Å²) >= 11 is 0. The molecular formula is C20H21N5O3. The van der Waals surface area contributed by atoms with Crippen molar-refractivity contribution in [2.75, 3.05) is 25.1 Å². The number of anilines is 1. The van der Waals surface area contributed by atoms with Crippen molar-refractivity contribution in [2.45, 2.75) is 13.0 Å². The number of carbonyl (C=O) groups is 2. The molecule has 1 aliphatic rings. The molecule has 1 fully saturated rings. The van der Waals surface area contributed by atoms with Crippen molar-refractivity contribution in [3.63, 3.8) is 0 Å². The predicted octanol–water partition coefficient (Wildman–Crippen LogP) is 1.85. The minimum atomic E-state index is -0.577. The lowest BCUT2D eigenvalue weighted by atomic mass is 10.1. The highest BCUT2D eigenvalue weighted by molar-refractivity contribution is 6.04. The average molecular weight is 379 g/mol. The van der Waals surface area contributed by atoms with Gasteiger partial charge in [0.05, 0.1) is 19.0 Å². The Morgan fingerprint density at radius 1 is 1.21 bits per heavy atom. The third-order valence-corrected chi connectivity index (χ3v) is 5.08. The van der Waals surface area contributed by atoms with E-state index in [9.17, 15) is 9.59 Å². The van der Waals surface area contributed by atoms with Crippen LogP contribution in [0.15, 0.2) is 42.9 Å². The van der Waals surface area contributed by atoms with E-state index in [-0.39, 0.29) is 11.8 Å². The minimum absolute atomic E-state index is 0.125. The predicted molar refractivity (Wildman–Crippen MR) is 104 cm³/mol. The van der Waals surface area contributed by atoms with Crippen molar-refractivity contribution in [3.8, 4) is 5.75 Å². The van der Waals surface area contributed by atoms with Crippen molar-refractivity contribution in [1.82, 2.24) is 19.4 Å². The number of fused-ring (bicyclic) bond motifs is 1. The van der Waals surface area contributed by atoms with E-state index >= 15 is 0 Å². The van der Waals surface area contributed by atoms with Crippen LogP contribution in [0.5, 0.6) is 5.75 Å². The van der Waals surface area contributed by atoms with E-state index in [1.807, 2.05) is 31.3 Å². The molecule has 2 aromatic heterocycles. The summed E-state index contributed by atoms with van der Waals surface area (Å²) in [6, 6.07) is 8.50. The number of aromatic nitrogens is 3. The molecule has 144 valence electrons. The summed E-state index contributed by atoms with van der Waals surface area (Å²) in [5.74, 6) is 0.345. The second kappa shape index (κ2) is 6.95. The van der Waals surface area contributed by atoms with Crippen LogP contribution < -0.4 is 9.64 Å². The van der Waals surface area contributed by atoms with E-state index < -0.39 is 6.04 Å². The lowest BCUT2D eigenvalue weighted by Gasteiger charge is -2.39. The highest BCUT2D eigenvalue weighted by atomic mass is 16.5. The molecule has 3 heterocycles. The third kappa shape index (κ3) is 2.96. The standard InChI is InChI=1S/C20H21N5O3/c1-13-19(26)25(15-5-4-6-16(10-15)28-3)8-7-24(13)20(27)14-9-17-18(21-11-14)23(2)12-22-17/h4-6,9-13H,7-8H2,1-3H3. The molecule has 8 heteroatoms. The number of hydrogen-bond donors (Lipinski definition) is 0. The fourth-order valence-electron chi connectivity index (χ4n) is 3.48. The van der Waals surface area contributed by atoms with E-state index in [0.717, 1.165) is 5.69 Å². The summed E-state index contributed by atoms with van der Waals surface area (Å²) in [4.78, 5) is 37.8. The van der Waals surface area contributed by atoms with Crippen molar-refractivity contribution in [3.05, 3.63) is 48.4 Å². The molecule has 2 amide bonds. The van der Waals surface area contributed by atoms with Gasteiger partial charge in [0, 0.05) is 38.1 Å². The van der Waals surface area contributed by atoms with Crippen LogP contribution in [0.3, 0.4) is 0 Å². The maximum Gasteiger partial charge on any atom is 0.256 e. The van der Waals surface area contributed by atoms with Gasteiger partial charge in [0.25, 0.3) is 5.91 Å². The van der Waals surface area contributed by atoms with E-state index in [4.69, 9.17) is 4.74 Å². The zero-order valence-corrected chi connectivity index (χ0v) is 16.0. The van der Waals surface area contributed by atoms with Gasteiger partial charge in [-0.1, -0.05) is 6.07 Å². The first-order chi connectivity index (χ1) is 13.5. The number of hydrogen-bond acceptors (Lipinski definition) is 5. The summed E-state index contributed by atoms with van der Waals surface area (Å²) < 4.78 is 7.04. The first-order valence-corrected chi connectivity index (χ1v) is 9.03. The largest absolute Gasteiger partial charge is 0.497 e. The van der Waals surface area contributed by atoms with Gasteiger partial charge in [0.2, 0.25) is 5.91 Å². The molecule has 0 saturated carbocycles. The van der Waals surface area contributed by atoms with E-state index in [1.165, 1.54) is 6.20 Å². The van der Waals surface area contributed by atoms with Crippen LogP contribution in [0.4, 0.5) is 5.69 Å². The molecule has 4 rings (SSSR count). The summed E-state index contributed by atoms with van der Waals surface area (Å²) in [7, 11) is 3.44. The summed E-state index contributed by atoms with van der Waals surface area (Å²) in [5.41, 5.74) is 2.56. The van der Waals surface area contributed by atoms with Gasteiger partial charge < -0.3 is 19.1 Å². The van der Waals surface area contributed by atoms with Gasteiger partial charge in [-0.2, -0.15) is 0 Å². The number of nitrogens with zero attached hydrogens (tertiary/aromatic N) is 5. The fraction of sp³-hybridized carbons (Fsp3) is 0.300. The van der Waals surface area contributed by atoms with Gasteiger partial charge in [0.15, 0.2) is 5.65 Å². The smallest absolute Gasteiger partial charge is 0.256 e. The van der Waals surface area contributed by atoms with Gasteiger partial charge in [-0.15, -0.1) is 0 Å². The van der Waals surface area contributed by atoms with Crippen molar-refractivity contribution in [2.24, 2.45) is 7.05 Å². The highest BCUT2D eigenvalue weighted by Crippen LogP contribution is 2.25. The van der Waals surface area contributed by atoms with Crippen LogP contribution in [-0.4, -0.2) is 57.5 Å². The molecule has 0 bridgehead atoms. The molecule has 8 nitrogen and oxygen atoms in total. The lowest BCUT2D eigenvalue weighted by Crippen LogP contribution is -2.57. The molecule has 0 N–H and O–H groups in total. The Morgan fingerprint density at radius 3 is 2.82 bits per heavy atom. The molecule has 28 heavy (non-hydrogen) atoms. The summed E-state index contributed by atoms with van der Waals surface area (Å²) in [6.45, 7) is 2.60. The number of rotatable bonds is 3. The molecule has 1 aromatic carbocycles. The first kappa shape index (κ1) is 18.0. The fourth-order valence-corrected chi connectivity index (χ4v) is 3.48. The van der Waals surface area contributed by atoms with E-state index in [0.29, 0.717) is 35.6 Å². The van der Waals surface area contributed by atoms with Gasteiger partial charge in [-0.05, 0) is 25.1 Å². The Hall–Kier alpha value is -3.42. The van der Waals surface area contributed by atoms with E-state index in [1.54, 1.807) is 40.8 Å². The van der Waals surface area contributed by atoms with E-state index in [2.05, 4.69) is 9.97 Å². The Bertz CT molecular complexity index is 1060. The molecule has 0 spiro atoms. The number of amides is 2. The van der Waals surface area contributed by atoms with Gasteiger partial charge in [0.1, 0.15) is 17.3 Å². The SMILES string of the molecule is COc1cccc(N2CCN(C(=O)c3cnc4c(c3)ncn4C)C(C)C2=O)c1. The maximum atomic E-state index is 13.0. The average Bonchev–Trinajstić information content (AvgIpc) is 3.09. The zero-order valence-electron chi connectivity index (χ0n) is 16.0. The number of piperazine rings is 1. The normalized spacial score (nSPS) is 17.2.